The predicted molar refractivity (Wildman–Crippen MR) is 76.8 cm³/mol. The fourth-order valence-corrected chi connectivity index (χ4v) is 3.60. The molecule has 1 atom stereocenters. The second kappa shape index (κ2) is 6.21. The molecule has 1 unspecified atom stereocenters. The predicted octanol–water partition coefficient (Wildman–Crippen LogP) is 1.90. The lowest BCUT2D eigenvalue weighted by atomic mass is 10.0. The monoisotopic (exact) mass is 351 g/mol. The molecule has 19 heavy (non-hydrogen) atoms. The number of ether oxygens (including phenoxy) is 1. The van der Waals surface area contributed by atoms with Crippen molar-refractivity contribution in [3.05, 3.63) is 22.7 Å². The highest BCUT2D eigenvalue weighted by molar-refractivity contribution is 9.10. The largest absolute Gasteiger partial charge is 0.496 e. The number of benzene rings is 1. The van der Waals surface area contributed by atoms with Gasteiger partial charge in [-0.15, -0.1) is 0 Å². The average Bonchev–Trinajstić information content (AvgIpc) is 2.38. The molecule has 0 aromatic heterocycles. The molecule has 1 rings (SSSR count). The van der Waals surface area contributed by atoms with Gasteiger partial charge in [-0.05, 0) is 47.5 Å². The van der Waals surface area contributed by atoms with Gasteiger partial charge in [0, 0.05) is 0 Å². The summed E-state index contributed by atoms with van der Waals surface area (Å²) >= 11 is 3.25. The Bertz CT molecular complexity index is 541. The van der Waals surface area contributed by atoms with Gasteiger partial charge in [0.2, 0.25) is 10.0 Å². The second-order valence-corrected chi connectivity index (χ2v) is 7.01. The van der Waals surface area contributed by atoms with E-state index in [0.717, 1.165) is 0 Å². The van der Waals surface area contributed by atoms with Gasteiger partial charge >= 0.3 is 0 Å². The number of hydrogen-bond donors (Lipinski definition) is 2. The van der Waals surface area contributed by atoms with Crippen molar-refractivity contribution in [3.63, 3.8) is 0 Å². The van der Waals surface area contributed by atoms with Crippen molar-refractivity contribution in [3.8, 4) is 5.75 Å². The van der Waals surface area contributed by atoms with Crippen molar-refractivity contribution in [2.45, 2.75) is 30.7 Å². The molecule has 1 aromatic carbocycles. The summed E-state index contributed by atoms with van der Waals surface area (Å²) in [5.41, 5.74) is -0.870. The van der Waals surface area contributed by atoms with Gasteiger partial charge in [-0.3, -0.25) is 0 Å². The van der Waals surface area contributed by atoms with E-state index in [1.54, 1.807) is 13.0 Å². The molecule has 0 radical (unpaired) electrons. The average molecular weight is 352 g/mol. The maximum Gasteiger partial charge on any atom is 0.241 e. The first-order chi connectivity index (χ1) is 8.78. The Morgan fingerprint density at radius 3 is 2.53 bits per heavy atom. The molecule has 0 aliphatic carbocycles. The van der Waals surface area contributed by atoms with Gasteiger partial charge in [0.15, 0.2) is 0 Å². The van der Waals surface area contributed by atoms with E-state index in [9.17, 15) is 13.5 Å². The van der Waals surface area contributed by atoms with Gasteiger partial charge in [-0.1, -0.05) is 6.92 Å². The lowest BCUT2D eigenvalue weighted by Crippen LogP contribution is -2.48. The van der Waals surface area contributed by atoms with Crippen molar-refractivity contribution in [2.75, 3.05) is 13.7 Å². The molecule has 0 saturated carbocycles. The molecule has 0 saturated heterocycles. The Hall–Kier alpha value is -0.630. The van der Waals surface area contributed by atoms with Crippen LogP contribution in [-0.2, 0) is 10.0 Å². The molecule has 0 spiro atoms. The maximum absolute atomic E-state index is 12.2. The van der Waals surface area contributed by atoms with Gasteiger partial charge in [0.1, 0.15) is 5.75 Å². The van der Waals surface area contributed by atoms with Crippen LogP contribution in [0.1, 0.15) is 20.3 Å². The van der Waals surface area contributed by atoms with Crippen LogP contribution in [0.5, 0.6) is 5.75 Å². The summed E-state index contributed by atoms with van der Waals surface area (Å²) in [4.78, 5) is 0.119. The van der Waals surface area contributed by atoms with Gasteiger partial charge < -0.3 is 9.84 Å². The van der Waals surface area contributed by atoms with E-state index in [4.69, 9.17) is 4.74 Å². The van der Waals surface area contributed by atoms with Crippen LogP contribution in [0.3, 0.4) is 0 Å². The summed E-state index contributed by atoms with van der Waals surface area (Å²) in [5, 5.41) is 9.28. The number of hydrogen-bond acceptors (Lipinski definition) is 4. The van der Waals surface area contributed by atoms with Gasteiger partial charge in [0.25, 0.3) is 0 Å². The standard InChI is InChI=1S/C12H18BrNO4S/c1-4-12(2,8-15)14-19(16,17)9-5-6-11(18-3)10(13)7-9/h5-7,14-15H,4,8H2,1-3H3. The van der Waals surface area contributed by atoms with E-state index in [2.05, 4.69) is 20.7 Å². The van der Waals surface area contributed by atoms with Crippen LogP contribution in [0.2, 0.25) is 0 Å². The zero-order chi connectivity index (χ0) is 14.7. The van der Waals surface area contributed by atoms with Crippen LogP contribution in [0.25, 0.3) is 0 Å². The highest BCUT2D eigenvalue weighted by Gasteiger charge is 2.28. The van der Waals surface area contributed by atoms with E-state index in [-0.39, 0.29) is 11.5 Å². The first-order valence-electron chi connectivity index (χ1n) is 5.76. The van der Waals surface area contributed by atoms with Gasteiger partial charge in [-0.2, -0.15) is 0 Å². The Kier molecular flexibility index (Phi) is 5.37. The lowest BCUT2D eigenvalue weighted by Gasteiger charge is -2.26. The summed E-state index contributed by atoms with van der Waals surface area (Å²) in [6.45, 7) is 3.20. The number of nitrogens with one attached hydrogen (secondary N) is 1. The fraction of sp³-hybridized carbons (Fsp3) is 0.500. The number of rotatable bonds is 6. The highest BCUT2D eigenvalue weighted by Crippen LogP contribution is 2.28. The van der Waals surface area contributed by atoms with Crippen LogP contribution in [-0.4, -0.2) is 32.8 Å². The minimum absolute atomic E-state index is 0.119. The Balaban J connectivity index is 3.11. The Morgan fingerprint density at radius 2 is 2.11 bits per heavy atom. The molecule has 5 nitrogen and oxygen atoms in total. The molecular weight excluding hydrogens is 334 g/mol. The molecule has 0 fully saturated rings. The summed E-state index contributed by atoms with van der Waals surface area (Å²) in [6, 6.07) is 4.49. The number of sulfonamides is 1. The van der Waals surface area contributed by atoms with Crippen molar-refractivity contribution in [2.24, 2.45) is 0 Å². The molecule has 0 bridgehead atoms. The Morgan fingerprint density at radius 1 is 1.47 bits per heavy atom. The molecule has 2 N–H and O–H groups in total. The van der Waals surface area contributed by atoms with Gasteiger partial charge in [0.05, 0.1) is 28.6 Å². The van der Waals surface area contributed by atoms with Crippen LogP contribution >= 0.6 is 15.9 Å². The molecule has 0 amide bonds. The SMILES string of the molecule is CCC(C)(CO)NS(=O)(=O)c1ccc(OC)c(Br)c1. The number of methoxy groups -OCH3 is 1. The second-order valence-electron chi connectivity index (χ2n) is 4.47. The van der Waals surface area contributed by atoms with Gasteiger partial charge in [-0.25, -0.2) is 13.1 Å². The topological polar surface area (TPSA) is 75.6 Å². The summed E-state index contributed by atoms with van der Waals surface area (Å²) < 4.78 is 32.6. The van der Waals surface area contributed by atoms with E-state index < -0.39 is 15.6 Å². The third-order valence-electron chi connectivity index (χ3n) is 2.94. The van der Waals surface area contributed by atoms with E-state index in [1.807, 2.05) is 6.92 Å². The minimum Gasteiger partial charge on any atom is -0.496 e. The summed E-state index contributed by atoms with van der Waals surface area (Å²) in [5.74, 6) is 0.555. The maximum atomic E-state index is 12.2. The summed E-state index contributed by atoms with van der Waals surface area (Å²) in [7, 11) is -2.18. The number of aliphatic hydroxyl groups excluding tert-OH is 1. The highest BCUT2D eigenvalue weighted by atomic mass is 79.9. The van der Waals surface area contributed by atoms with Crippen LogP contribution < -0.4 is 9.46 Å². The van der Waals surface area contributed by atoms with Crippen molar-refractivity contribution in [1.82, 2.24) is 4.72 Å². The first kappa shape index (κ1) is 16.4. The Labute approximate surface area is 122 Å². The normalized spacial score (nSPS) is 15.0. The minimum atomic E-state index is -3.69. The zero-order valence-corrected chi connectivity index (χ0v) is 13.5. The molecule has 108 valence electrons. The van der Waals surface area contributed by atoms with Crippen LogP contribution in [0.4, 0.5) is 0 Å². The number of aliphatic hydroxyl groups is 1. The summed E-state index contributed by atoms with van der Waals surface area (Å²) in [6.07, 6.45) is 0.486. The lowest BCUT2D eigenvalue weighted by molar-refractivity contribution is 0.191. The molecule has 0 heterocycles. The molecular formula is C12H18BrNO4S. The fourth-order valence-electron chi connectivity index (χ4n) is 1.41. The molecule has 7 heteroatoms. The quantitative estimate of drug-likeness (QED) is 0.820. The smallest absolute Gasteiger partial charge is 0.241 e. The van der Waals surface area contributed by atoms with E-state index in [1.165, 1.54) is 19.2 Å². The van der Waals surface area contributed by atoms with Crippen LogP contribution in [0, 0.1) is 0 Å². The molecule has 0 aliphatic heterocycles. The third-order valence-corrected chi connectivity index (χ3v) is 5.20. The van der Waals surface area contributed by atoms with Crippen molar-refractivity contribution in [1.29, 1.82) is 0 Å². The van der Waals surface area contributed by atoms with E-state index >= 15 is 0 Å². The molecule has 1 aromatic rings. The first-order valence-corrected chi connectivity index (χ1v) is 8.04. The van der Waals surface area contributed by atoms with Crippen molar-refractivity contribution >= 4 is 26.0 Å². The van der Waals surface area contributed by atoms with Crippen molar-refractivity contribution < 1.29 is 18.3 Å². The van der Waals surface area contributed by atoms with E-state index in [0.29, 0.717) is 16.6 Å². The zero-order valence-electron chi connectivity index (χ0n) is 11.1. The van der Waals surface area contributed by atoms with Crippen LogP contribution in [0.15, 0.2) is 27.6 Å². The third kappa shape index (κ3) is 3.92. The number of halogens is 1. The molecule has 0 aliphatic rings.